The Labute approximate surface area is 166 Å². The first kappa shape index (κ1) is 19.8. The lowest BCUT2D eigenvalue weighted by Crippen LogP contribution is -2.20. The van der Waals surface area contributed by atoms with E-state index in [9.17, 15) is 17.6 Å². The molecule has 3 aromatic rings. The maximum absolute atomic E-state index is 13.3. The summed E-state index contributed by atoms with van der Waals surface area (Å²) < 4.78 is 41.1. The predicted octanol–water partition coefficient (Wildman–Crippen LogP) is 3.87. The van der Waals surface area contributed by atoms with Crippen molar-refractivity contribution in [3.05, 3.63) is 70.1 Å². The molecule has 10 heteroatoms. The van der Waals surface area contributed by atoms with Crippen molar-refractivity contribution in [2.75, 3.05) is 10.0 Å². The Kier molecular flexibility index (Phi) is 5.39. The molecule has 0 radical (unpaired) electrons. The molecule has 28 heavy (non-hydrogen) atoms. The maximum Gasteiger partial charge on any atom is 0.282 e. The number of benzene rings is 2. The normalized spacial score (nSPS) is 11.3. The number of aromatic nitrogens is 2. The highest BCUT2D eigenvalue weighted by atomic mass is 35.5. The number of aryl methyl sites for hydroxylation is 2. The number of rotatable bonds is 5. The smallest absolute Gasteiger partial charge is 0.282 e. The van der Waals surface area contributed by atoms with E-state index >= 15 is 0 Å². The number of H-pyrrole nitrogens is 1. The van der Waals surface area contributed by atoms with Gasteiger partial charge in [0.15, 0.2) is 0 Å². The average molecular weight is 423 g/mol. The zero-order valence-corrected chi connectivity index (χ0v) is 16.5. The van der Waals surface area contributed by atoms with E-state index < -0.39 is 26.8 Å². The zero-order valence-electron chi connectivity index (χ0n) is 14.9. The number of carbonyl (C=O) groups is 1. The Morgan fingerprint density at radius 1 is 1.11 bits per heavy atom. The maximum atomic E-state index is 13.3. The van der Waals surface area contributed by atoms with Crippen molar-refractivity contribution in [2.24, 2.45) is 0 Å². The number of halogens is 2. The van der Waals surface area contributed by atoms with Crippen LogP contribution in [-0.4, -0.2) is 24.5 Å². The molecule has 3 N–H and O–H groups in total. The van der Waals surface area contributed by atoms with E-state index in [4.69, 9.17) is 11.6 Å². The molecule has 0 atom stereocenters. The van der Waals surface area contributed by atoms with Gasteiger partial charge in [-0.3, -0.25) is 14.6 Å². The summed E-state index contributed by atoms with van der Waals surface area (Å²) in [7, 11) is -4.13. The highest BCUT2D eigenvalue weighted by molar-refractivity contribution is 7.92. The quantitative estimate of drug-likeness (QED) is 0.580. The second-order valence-electron chi connectivity index (χ2n) is 6.08. The van der Waals surface area contributed by atoms with Gasteiger partial charge in [0, 0.05) is 17.1 Å². The average Bonchev–Trinajstić information content (AvgIpc) is 3.03. The number of carbonyl (C=O) groups excluding carboxylic acids is 1. The fraction of sp³-hybridized carbons (Fsp3) is 0.111. The SMILES string of the molecule is Cc1ccc(NS(=O)(=O)c2n[nH]c(C)c2C(=O)Nc2ccc(F)c(Cl)c2)cc1. The summed E-state index contributed by atoms with van der Waals surface area (Å²) in [6, 6.07) is 10.3. The Bertz CT molecular complexity index is 1140. The fourth-order valence-electron chi connectivity index (χ4n) is 2.46. The first-order chi connectivity index (χ1) is 13.2. The molecule has 0 saturated carbocycles. The molecule has 1 aromatic heterocycles. The van der Waals surface area contributed by atoms with Crippen LogP contribution in [0.1, 0.15) is 21.6 Å². The molecule has 0 saturated heterocycles. The van der Waals surface area contributed by atoms with Crippen molar-refractivity contribution < 1.29 is 17.6 Å². The topological polar surface area (TPSA) is 104 Å². The van der Waals surface area contributed by atoms with Crippen molar-refractivity contribution in [3.63, 3.8) is 0 Å². The Balaban J connectivity index is 1.90. The largest absolute Gasteiger partial charge is 0.322 e. The van der Waals surface area contributed by atoms with E-state index in [1.54, 1.807) is 24.3 Å². The zero-order chi connectivity index (χ0) is 20.5. The van der Waals surface area contributed by atoms with Gasteiger partial charge in [-0.2, -0.15) is 13.5 Å². The molecular formula is C18H16ClFN4O3S. The van der Waals surface area contributed by atoms with Gasteiger partial charge in [0.05, 0.1) is 5.02 Å². The summed E-state index contributed by atoms with van der Waals surface area (Å²) in [5.74, 6) is -1.36. The Hall–Kier alpha value is -2.91. The first-order valence-corrected chi connectivity index (χ1v) is 9.94. The number of amides is 1. The molecule has 0 aliphatic rings. The molecule has 0 bridgehead atoms. The molecule has 1 amide bonds. The van der Waals surface area contributed by atoms with E-state index in [0.717, 1.165) is 11.6 Å². The van der Waals surface area contributed by atoms with Crippen LogP contribution in [0.3, 0.4) is 0 Å². The van der Waals surface area contributed by atoms with Crippen LogP contribution in [0.4, 0.5) is 15.8 Å². The van der Waals surface area contributed by atoms with Crippen molar-refractivity contribution in [3.8, 4) is 0 Å². The van der Waals surface area contributed by atoms with Gasteiger partial charge in [-0.1, -0.05) is 29.3 Å². The third-order valence-corrected chi connectivity index (χ3v) is 5.48. The highest BCUT2D eigenvalue weighted by Gasteiger charge is 2.28. The Morgan fingerprint density at radius 3 is 2.39 bits per heavy atom. The van der Waals surface area contributed by atoms with E-state index in [1.165, 1.54) is 19.1 Å². The van der Waals surface area contributed by atoms with Crippen LogP contribution >= 0.6 is 11.6 Å². The second kappa shape index (κ2) is 7.61. The highest BCUT2D eigenvalue weighted by Crippen LogP contribution is 2.23. The van der Waals surface area contributed by atoms with Crippen molar-refractivity contribution >= 4 is 38.9 Å². The van der Waals surface area contributed by atoms with Crippen molar-refractivity contribution in [2.45, 2.75) is 18.9 Å². The van der Waals surface area contributed by atoms with E-state index in [1.807, 2.05) is 6.92 Å². The molecular weight excluding hydrogens is 407 g/mol. The number of nitrogens with zero attached hydrogens (tertiary/aromatic N) is 1. The van der Waals surface area contributed by atoms with Gasteiger partial charge < -0.3 is 5.32 Å². The minimum atomic E-state index is -4.13. The van der Waals surface area contributed by atoms with E-state index in [0.29, 0.717) is 5.69 Å². The summed E-state index contributed by atoms with van der Waals surface area (Å²) in [6.45, 7) is 3.39. The van der Waals surface area contributed by atoms with Crippen molar-refractivity contribution in [1.29, 1.82) is 0 Å². The van der Waals surface area contributed by atoms with Gasteiger partial charge in [0.2, 0.25) is 5.03 Å². The first-order valence-electron chi connectivity index (χ1n) is 8.08. The van der Waals surface area contributed by atoms with Crippen LogP contribution in [0.15, 0.2) is 47.5 Å². The Morgan fingerprint density at radius 2 is 1.75 bits per heavy atom. The monoisotopic (exact) mass is 422 g/mol. The summed E-state index contributed by atoms with van der Waals surface area (Å²) in [6.07, 6.45) is 0. The molecule has 1 heterocycles. The lowest BCUT2D eigenvalue weighted by atomic mass is 10.2. The van der Waals surface area contributed by atoms with Gasteiger partial charge >= 0.3 is 0 Å². The number of nitrogens with one attached hydrogen (secondary N) is 3. The standard InChI is InChI=1S/C18H16ClFN4O3S/c1-10-3-5-12(6-4-10)24-28(26,27)18-16(11(2)22-23-18)17(25)21-13-7-8-15(20)14(19)9-13/h3-9,24H,1-2H3,(H,21,25)(H,22,23). The number of hydrogen-bond acceptors (Lipinski definition) is 4. The summed E-state index contributed by atoms with van der Waals surface area (Å²) in [4.78, 5) is 12.7. The minimum absolute atomic E-state index is 0.153. The van der Waals surface area contributed by atoms with E-state index in [2.05, 4.69) is 20.2 Å². The van der Waals surface area contributed by atoms with Crippen molar-refractivity contribution in [1.82, 2.24) is 10.2 Å². The molecule has 0 unspecified atom stereocenters. The summed E-state index contributed by atoms with van der Waals surface area (Å²) in [5.41, 5.74) is 1.63. The van der Waals surface area contributed by atoms with E-state index in [-0.39, 0.29) is 22.0 Å². The molecule has 2 aromatic carbocycles. The molecule has 3 rings (SSSR count). The van der Waals surface area contributed by atoms with Crippen LogP contribution in [0.2, 0.25) is 5.02 Å². The minimum Gasteiger partial charge on any atom is -0.322 e. The van der Waals surface area contributed by atoms with Gasteiger partial charge in [-0.05, 0) is 44.2 Å². The van der Waals surface area contributed by atoms with Crippen LogP contribution < -0.4 is 10.0 Å². The predicted molar refractivity (Wildman–Crippen MR) is 105 cm³/mol. The lowest BCUT2D eigenvalue weighted by Gasteiger charge is -2.09. The summed E-state index contributed by atoms with van der Waals surface area (Å²) in [5, 5.41) is 8.16. The number of hydrogen-bond donors (Lipinski definition) is 3. The lowest BCUT2D eigenvalue weighted by molar-refractivity contribution is 0.102. The molecule has 7 nitrogen and oxygen atoms in total. The van der Waals surface area contributed by atoms with Crippen LogP contribution in [-0.2, 0) is 10.0 Å². The van der Waals surface area contributed by atoms with Gasteiger partial charge in [0.1, 0.15) is 11.4 Å². The van der Waals surface area contributed by atoms with Crippen LogP contribution in [0, 0.1) is 19.7 Å². The summed E-state index contributed by atoms with van der Waals surface area (Å²) >= 11 is 5.71. The van der Waals surface area contributed by atoms with Crippen LogP contribution in [0.25, 0.3) is 0 Å². The number of aromatic amines is 1. The molecule has 0 aliphatic heterocycles. The molecule has 0 spiro atoms. The molecule has 0 fully saturated rings. The van der Waals surface area contributed by atoms with Gasteiger partial charge in [-0.25, -0.2) is 4.39 Å². The fourth-order valence-corrected chi connectivity index (χ4v) is 3.87. The third-order valence-electron chi connectivity index (χ3n) is 3.88. The molecule has 0 aliphatic carbocycles. The van der Waals surface area contributed by atoms with Crippen LogP contribution in [0.5, 0.6) is 0 Å². The second-order valence-corrected chi connectivity index (χ2v) is 8.09. The van der Waals surface area contributed by atoms with Gasteiger partial charge in [-0.15, -0.1) is 0 Å². The third kappa shape index (κ3) is 4.15. The number of sulfonamides is 1. The van der Waals surface area contributed by atoms with Gasteiger partial charge in [0.25, 0.3) is 15.9 Å². The number of anilines is 2. The molecule has 146 valence electrons.